The fourth-order valence-electron chi connectivity index (χ4n) is 1.18. The quantitative estimate of drug-likeness (QED) is 0.940. The number of carbonyl (C=O) groups excluding carboxylic acids is 1. The summed E-state index contributed by atoms with van der Waals surface area (Å²) >= 11 is 7.05. The van der Waals surface area contributed by atoms with Gasteiger partial charge in [0.05, 0.1) is 5.02 Å². The summed E-state index contributed by atoms with van der Waals surface area (Å²) < 4.78 is 17.9. The molecule has 0 unspecified atom stereocenters. The molecule has 1 amide bonds. The first-order chi connectivity index (χ1) is 8.65. The van der Waals surface area contributed by atoms with Crippen LogP contribution in [-0.4, -0.2) is 17.5 Å². The Kier molecular flexibility index (Phi) is 4.11. The first-order valence-corrected chi connectivity index (χ1v) is 6.18. The normalized spacial score (nSPS) is 10.1. The average Bonchev–Trinajstić information content (AvgIpc) is 2.80. The Morgan fingerprint density at radius 2 is 2.39 bits per heavy atom. The number of halogens is 2. The second kappa shape index (κ2) is 5.79. The monoisotopic (exact) mass is 286 g/mol. The first kappa shape index (κ1) is 12.8. The zero-order valence-electron chi connectivity index (χ0n) is 9.02. The van der Waals surface area contributed by atoms with E-state index in [0.29, 0.717) is 5.13 Å². The van der Waals surface area contributed by atoms with Gasteiger partial charge in [0.1, 0.15) is 11.6 Å². The Hall–Kier alpha value is -1.66. The maximum absolute atomic E-state index is 12.8. The van der Waals surface area contributed by atoms with Gasteiger partial charge in [-0.25, -0.2) is 9.37 Å². The third-order valence-corrected chi connectivity index (χ3v) is 2.92. The lowest BCUT2D eigenvalue weighted by atomic mass is 10.3. The molecule has 0 radical (unpaired) electrons. The third kappa shape index (κ3) is 3.41. The van der Waals surface area contributed by atoms with Crippen LogP contribution >= 0.6 is 22.9 Å². The summed E-state index contributed by atoms with van der Waals surface area (Å²) in [6, 6.07) is 3.70. The second-order valence-electron chi connectivity index (χ2n) is 3.25. The largest absolute Gasteiger partial charge is 0.482 e. The fourth-order valence-corrected chi connectivity index (χ4v) is 1.94. The van der Waals surface area contributed by atoms with Gasteiger partial charge in [0, 0.05) is 11.6 Å². The van der Waals surface area contributed by atoms with Crippen LogP contribution in [0.4, 0.5) is 9.52 Å². The molecular weight excluding hydrogens is 279 g/mol. The van der Waals surface area contributed by atoms with E-state index in [-0.39, 0.29) is 23.3 Å². The van der Waals surface area contributed by atoms with Crippen LogP contribution in [0, 0.1) is 5.82 Å². The van der Waals surface area contributed by atoms with Crippen molar-refractivity contribution in [3.8, 4) is 5.75 Å². The zero-order valence-corrected chi connectivity index (χ0v) is 10.6. The number of nitrogens with one attached hydrogen (secondary N) is 1. The molecule has 0 aliphatic rings. The molecule has 1 N–H and O–H groups in total. The number of hydrogen-bond acceptors (Lipinski definition) is 4. The highest BCUT2D eigenvalue weighted by Crippen LogP contribution is 2.24. The van der Waals surface area contributed by atoms with E-state index in [1.807, 2.05) is 0 Å². The lowest BCUT2D eigenvalue weighted by molar-refractivity contribution is -0.118. The van der Waals surface area contributed by atoms with Crippen LogP contribution in [0.25, 0.3) is 0 Å². The molecule has 1 heterocycles. The average molecular weight is 287 g/mol. The van der Waals surface area contributed by atoms with Crippen molar-refractivity contribution >= 4 is 34.0 Å². The molecule has 18 heavy (non-hydrogen) atoms. The van der Waals surface area contributed by atoms with Crippen molar-refractivity contribution < 1.29 is 13.9 Å². The van der Waals surface area contributed by atoms with Crippen molar-refractivity contribution in [3.05, 3.63) is 40.6 Å². The van der Waals surface area contributed by atoms with Gasteiger partial charge in [-0.05, 0) is 18.2 Å². The van der Waals surface area contributed by atoms with Crippen LogP contribution in [0.2, 0.25) is 5.02 Å². The number of nitrogens with zero attached hydrogens (tertiary/aromatic N) is 1. The SMILES string of the molecule is O=C(COc1ccc(F)cc1Cl)Nc1nccs1. The van der Waals surface area contributed by atoms with Gasteiger partial charge in [-0.3, -0.25) is 10.1 Å². The van der Waals surface area contributed by atoms with Crippen molar-refractivity contribution in [2.24, 2.45) is 0 Å². The number of amides is 1. The molecule has 0 atom stereocenters. The molecule has 0 fully saturated rings. The van der Waals surface area contributed by atoms with Gasteiger partial charge in [-0.15, -0.1) is 11.3 Å². The third-order valence-electron chi connectivity index (χ3n) is 1.93. The highest BCUT2D eigenvalue weighted by atomic mass is 35.5. The molecule has 2 aromatic rings. The van der Waals surface area contributed by atoms with Gasteiger partial charge in [0.15, 0.2) is 11.7 Å². The molecule has 2 rings (SSSR count). The molecule has 4 nitrogen and oxygen atoms in total. The predicted octanol–water partition coefficient (Wildman–Crippen LogP) is 2.95. The van der Waals surface area contributed by atoms with Gasteiger partial charge in [0.2, 0.25) is 0 Å². The summed E-state index contributed by atoms with van der Waals surface area (Å²) in [6.45, 7) is -0.217. The number of anilines is 1. The highest BCUT2D eigenvalue weighted by molar-refractivity contribution is 7.13. The molecule has 7 heteroatoms. The molecular formula is C11H8ClFN2O2S. The topological polar surface area (TPSA) is 51.2 Å². The summed E-state index contributed by atoms with van der Waals surface area (Å²) in [4.78, 5) is 15.4. The van der Waals surface area contributed by atoms with E-state index < -0.39 is 5.82 Å². The van der Waals surface area contributed by atoms with E-state index in [0.717, 1.165) is 6.07 Å². The minimum absolute atomic E-state index is 0.122. The van der Waals surface area contributed by atoms with Gasteiger partial charge < -0.3 is 4.74 Å². The van der Waals surface area contributed by atoms with Crippen LogP contribution in [0.15, 0.2) is 29.8 Å². The number of thiazole rings is 1. The Morgan fingerprint density at radius 1 is 1.56 bits per heavy atom. The minimum Gasteiger partial charge on any atom is -0.482 e. The van der Waals surface area contributed by atoms with Gasteiger partial charge in [0.25, 0.3) is 5.91 Å². The summed E-state index contributed by atoms with van der Waals surface area (Å²) in [6.07, 6.45) is 1.58. The molecule has 0 aliphatic heterocycles. The first-order valence-electron chi connectivity index (χ1n) is 4.92. The van der Waals surface area contributed by atoms with E-state index >= 15 is 0 Å². The van der Waals surface area contributed by atoms with E-state index in [4.69, 9.17) is 16.3 Å². The van der Waals surface area contributed by atoms with Crippen LogP contribution in [0.1, 0.15) is 0 Å². The minimum atomic E-state index is -0.459. The number of rotatable bonds is 4. The Morgan fingerprint density at radius 3 is 3.06 bits per heavy atom. The standard InChI is InChI=1S/C11H8ClFN2O2S/c12-8-5-7(13)1-2-9(8)17-6-10(16)15-11-14-3-4-18-11/h1-5H,6H2,(H,14,15,16). The van der Waals surface area contributed by atoms with Crippen molar-refractivity contribution in [1.82, 2.24) is 4.98 Å². The van der Waals surface area contributed by atoms with E-state index in [2.05, 4.69) is 10.3 Å². The van der Waals surface area contributed by atoms with Gasteiger partial charge >= 0.3 is 0 Å². The lowest BCUT2D eigenvalue weighted by Gasteiger charge is -2.07. The predicted molar refractivity (Wildman–Crippen MR) is 67.6 cm³/mol. The molecule has 0 bridgehead atoms. The van der Waals surface area contributed by atoms with Gasteiger partial charge in [-0.2, -0.15) is 0 Å². The number of benzene rings is 1. The fraction of sp³-hybridized carbons (Fsp3) is 0.0909. The highest BCUT2D eigenvalue weighted by Gasteiger charge is 2.08. The lowest BCUT2D eigenvalue weighted by Crippen LogP contribution is -2.20. The van der Waals surface area contributed by atoms with Crippen molar-refractivity contribution in [2.75, 3.05) is 11.9 Å². The molecule has 0 saturated heterocycles. The van der Waals surface area contributed by atoms with Crippen LogP contribution in [0.5, 0.6) is 5.75 Å². The molecule has 1 aromatic heterocycles. The number of aromatic nitrogens is 1. The van der Waals surface area contributed by atoms with Crippen molar-refractivity contribution in [2.45, 2.75) is 0 Å². The van der Waals surface area contributed by atoms with Crippen molar-refractivity contribution in [3.63, 3.8) is 0 Å². The van der Waals surface area contributed by atoms with Crippen LogP contribution < -0.4 is 10.1 Å². The maximum Gasteiger partial charge on any atom is 0.264 e. The van der Waals surface area contributed by atoms with Crippen molar-refractivity contribution in [1.29, 1.82) is 0 Å². The Bertz CT molecular complexity index is 548. The van der Waals surface area contributed by atoms with E-state index in [1.165, 1.54) is 23.5 Å². The number of hydrogen-bond donors (Lipinski definition) is 1. The zero-order chi connectivity index (χ0) is 13.0. The summed E-state index contributed by atoms with van der Waals surface area (Å²) in [7, 11) is 0. The Balaban J connectivity index is 1.89. The van der Waals surface area contributed by atoms with E-state index in [9.17, 15) is 9.18 Å². The van der Waals surface area contributed by atoms with Crippen LogP contribution in [-0.2, 0) is 4.79 Å². The molecule has 1 aromatic carbocycles. The molecule has 0 aliphatic carbocycles. The molecule has 0 saturated carbocycles. The van der Waals surface area contributed by atoms with E-state index in [1.54, 1.807) is 11.6 Å². The van der Waals surface area contributed by atoms with Gasteiger partial charge in [-0.1, -0.05) is 11.6 Å². The second-order valence-corrected chi connectivity index (χ2v) is 4.55. The Labute approximate surface area is 111 Å². The molecule has 0 spiro atoms. The smallest absolute Gasteiger partial charge is 0.264 e. The van der Waals surface area contributed by atoms with Crippen LogP contribution in [0.3, 0.4) is 0 Å². The number of ether oxygens (including phenoxy) is 1. The summed E-state index contributed by atoms with van der Waals surface area (Å²) in [5, 5.41) is 4.91. The summed E-state index contributed by atoms with van der Waals surface area (Å²) in [5.41, 5.74) is 0. The summed E-state index contributed by atoms with van der Waals surface area (Å²) in [5.74, 6) is -0.558. The molecule has 94 valence electrons. The maximum atomic E-state index is 12.8. The number of carbonyl (C=O) groups is 1.